The molecule has 0 aliphatic carbocycles. The molecule has 13 heavy (non-hydrogen) atoms. The zero-order valence-corrected chi connectivity index (χ0v) is 6.83. The van der Waals surface area contributed by atoms with Gasteiger partial charge in [-0.05, 0) is 17.7 Å². The monoisotopic (exact) mass is 176 g/mol. The summed E-state index contributed by atoms with van der Waals surface area (Å²) in [4.78, 5) is 18.3. The van der Waals surface area contributed by atoms with E-state index in [1.807, 2.05) is 12.1 Å². The number of carbonyl (C=O) groups excluding carboxylic acids is 1. The highest BCUT2D eigenvalue weighted by molar-refractivity contribution is 5.66. The Kier molecular flexibility index (Phi) is 2.04. The van der Waals surface area contributed by atoms with Crippen molar-refractivity contribution >= 4 is 12.7 Å². The second-order valence-corrected chi connectivity index (χ2v) is 2.72. The molecular formula is C9H8N2O2. The summed E-state index contributed by atoms with van der Waals surface area (Å²) in [6, 6.07) is 3.22. The molecule has 2 atom stereocenters. The molecule has 4 nitrogen and oxygen atoms in total. The van der Waals surface area contributed by atoms with Gasteiger partial charge in [-0.1, -0.05) is 0 Å². The molecule has 0 fully saturated rings. The van der Waals surface area contributed by atoms with Crippen molar-refractivity contribution in [3.63, 3.8) is 0 Å². The molecule has 1 aliphatic rings. The summed E-state index contributed by atoms with van der Waals surface area (Å²) in [5.41, 5.74) is 0.921. The third-order valence-electron chi connectivity index (χ3n) is 1.92. The summed E-state index contributed by atoms with van der Waals surface area (Å²) in [6.45, 7) is 0. The lowest BCUT2D eigenvalue weighted by Gasteiger charge is -2.11. The average molecular weight is 176 g/mol. The Labute approximate surface area is 75.3 Å². The summed E-state index contributed by atoms with van der Waals surface area (Å²) in [6.07, 6.45) is 5.16. The number of carbonyl (C=O) groups is 1. The van der Waals surface area contributed by atoms with Gasteiger partial charge < -0.3 is 9.53 Å². The third kappa shape index (κ3) is 1.42. The molecule has 1 aliphatic heterocycles. The Morgan fingerprint density at radius 3 is 2.85 bits per heavy atom. The molecule has 0 spiro atoms. The summed E-state index contributed by atoms with van der Waals surface area (Å²) in [5.74, 6) is 0. The lowest BCUT2D eigenvalue weighted by molar-refractivity contribution is -0.110. The normalized spacial score (nSPS) is 25.5. The van der Waals surface area contributed by atoms with Gasteiger partial charge in [0, 0.05) is 12.4 Å². The van der Waals surface area contributed by atoms with E-state index in [9.17, 15) is 4.79 Å². The predicted octanol–water partition coefficient (Wildman–Crippen LogP) is 0.749. The fourth-order valence-corrected chi connectivity index (χ4v) is 1.27. The van der Waals surface area contributed by atoms with Crippen molar-refractivity contribution in [3.05, 3.63) is 30.1 Å². The van der Waals surface area contributed by atoms with E-state index >= 15 is 0 Å². The van der Waals surface area contributed by atoms with E-state index in [-0.39, 0.29) is 6.10 Å². The van der Waals surface area contributed by atoms with Crippen LogP contribution in [0.1, 0.15) is 11.7 Å². The highest BCUT2D eigenvalue weighted by Crippen LogP contribution is 2.24. The van der Waals surface area contributed by atoms with Crippen LogP contribution >= 0.6 is 0 Å². The number of rotatable bonds is 2. The fraction of sp³-hybridized carbons (Fsp3) is 0.222. The Bertz CT molecular complexity index is 324. The minimum absolute atomic E-state index is 0.277. The first-order chi connectivity index (χ1) is 6.42. The Morgan fingerprint density at radius 2 is 2.15 bits per heavy atom. The molecule has 0 bridgehead atoms. The third-order valence-corrected chi connectivity index (χ3v) is 1.92. The largest absolute Gasteiger partial charge is 0.473 e. The molecule has 0 amide bonds. The maximum absolute atomic E-state index is 10.6. The highest BCUT2D eigenvalue weighted by Gasteiger charge is 2.26. The SMILES string of the molecule is O=CC1N=COC1c1ccncc1. The molecule has 0 saturated carbocycles. The van der Waals surface area contributed by atoms with E-state index in [2.05, 4.69) is 9.98 Å². The smallest absolute Gasteiger partial charge is 0.171 e. The molecule has 1 aromatic rings. The number of nitrogens with zero attached hydrogens (tertiary/aromatic N) is 2. The summed E-state index contributed by atoms with van der Waals surface area (Å²) >= 11 is 0. The van der Waals surface area contributed by atoms with Crippen molar-refractivity contribution in [2.24, 2.45) is 4.99 Å². The number of hydrogen-bond acceptors (Lipinski definition) is 4. The summed E-state index contributed by atoms with van der Waals surface area (Å²) in [7, 11) is 0. The molecule has 0 saturated heterocycles. The molecule has 2 rings (SSSR count). The average Bonchev–Trinajstić information content (AvgIpc) is 2.67. The number of aldehydes is 1. The second-order valence-electron chi connectivity index (χ2n) is 2.72. The van der Waals surface area contributed by atoms with Crippen LogP contribution in [-0.4, -0.2) is 23.7 Å². The van der Waals surface area contributed by atoms with Crippen LogP contribution in [0, 0.1) is 0 Å². The first-order valence-electron chi connectivity index (χ1n) is 3.94. The standard InChI is InChI=1S/C9H8N2O2/c12-5-8-9(13-6-11-8)7-1-3-10-4-2-7/h1-6,8-9H. The van der Waals surface area contributed by atoms with Crippen molar-refractivity contribution in [2.75, 3.05) is 0 Å². The van der Waals surface area contributed by atoms with Crippen LogP contribution in [0.5, 0.6) is 0 Å². The molecule has 4 heteroatoms. The van der Waals surface area contributed by atoms with Gasteiger partial charge >= 0.3 is 0 Å². The van der Waals surface area contributed by atoms with Gasteiger partial charge in [0.1, 0.15) is 12.3 Å². The van der Waals surface area contributed by atoms with E-state index in [1.54, 1.807) is 12.4 Å². The lowest BCUT2D eigenvalue weighted by atomic mass is 10.1. The molecule has 66 valence electrons. The van der Waals surface area contributed by atoms with Gasteiger partial charge in [0.25, 0.3) is 0 Å². The molecular weight excluding hydrogens is 168 g/mol. The van der Waals surface area contributed by atoms with Gasteiger partial charge in [0.05, 0.1) is 0 Å². The van der Waals surface area contributed by atoms with Gasteiger partial charge in [0.15, 0.2) is 12.5 Å². The molecule has 2 unspecified atom stereocenters. The van der Waals surface area contributed by atoms with Crippen LogP contribution in [0.3, 0.4) is 0 Å². The van der Waals surface area contributed by atoms with E-state index in [4.69, 9.17) is 4.74 Å². The first-order valence-corrected chi connectivity index (χ1v) is 3.94. The van der Waals surface area contributed by atoms with E-state index in [1.165, 1.54) is 6.40 Å². The number of aromatic nitrogens is 1. The number of pyridine rings is 1. The van der Waals surface area contributed by atoms with Crippen molar-refractivity contribution in [1.29, 1.82) is 0 Å². The molecule has 2 heterocycles. The van der Waals surface area contributed by atoms with Crippen LogP contribution in [-0.2, 0) is 9.53 Å². The van der Waals surface area contributed by atoms with Gasteiger partial charge in [-0.25, -0.2) is 4.99 Å². The molecule has 1 aromatic heterocycles. The van der Waals surface area contributed by atoms with Gasteiger partial charge in [-0.2, -0.15) is 0 Å². The molecule has 0 radical (unpaired) electrons. The minimum Gasteiger partial charge on any atom is -0.473 e. The number of ether oxygens (including phenoxy) is 1. The van der Waals surface area contributed by atoms with Crippen molar-refractivity contribution in [2.45, 2.75) is 12.1 Å². The van der Waals surface area contributed by atoms with E-state index in [0.29, 0.717) is 0 Å². The van der Waals surface area contributed by atoms with Crippen LogP contribution in [0.15, 0.2) is 29.5 Å². The van der Waals surface area contributed by atoms with Crippen LogP contribution in [0.4, 0.5) is 0 Å². The summed E-state index contributed by atoms with van der Waals surface area (Å²) < 4.78 is 5.19. The predicted molar refractivity (Wildman–Crippen MR) is 46.4 cm³/mol. The number of aliphatic imine (C=N–C) groups is 1. The molecule has 0 N–H and O–H groups in total. The van der Waals surface area contributed by atoms with Crippen LogP contribution in [0.2, 0.25) is 0 Å². The first kappa shape index (κ1) is 7.91. The summed E-state index contributed by atoms with van der Waals surface area (Å²) in [5, 5.41) is 0. The van der Waals surface area contributed by atoms with Gasteiger partial charge in [0.2, 0.25) is 0 Å². The van der Waals surface area contributed by atoms with Crippen LogP contribution in [0.25, 0.3) is 0 Å². The highest BCUT2D eigenvalue weighted by atomic mass is 16.5. The fourth-order valence-electron chi connectivity index (χ4n) is 1.27. The quantitative estimate of drug-likeness (QED) is 0.625. The lowest BCUT2D eigenvalue weighted by Crippen LogP contribution is -2.14. The van der Waals surface area contributed by atoms with Crippen molar-refractivity contribution < 1.29 is 9.53 Å². The van der Waals surface area contributed by atoms with Crippen LogP contribution < -0.4 is 0 Å². The van der Waals surface area contributed by atoms with Crippen molar-refractivity contribution in [1.82, 2.24) is 4.98 Å². The zero-order chi connectivity index (χ0) is 9.10. The van der Waals surface area contributed by atoms with Crippen molar-refractivity contribution in [3.8, 4) is 0 Å². The topological polar surface area (TPSA) is 51.5 Å². The minimum atomic E-state index is -0.414. The van der Waals surface area contributed by atoms with E-state index in [0.717, 1.165) is 11.8 Å². The van der Waals surface area contributed by atoms with E-state index < -0.39 is 6.04 Å². The Hall–Kier alpha value is -1.71. The Morgan fingerprint density at radius 1 is 1.38 bits per heavy atom. The zero-order valence-electron chi connectivity index (χ0n) is 6.83. The van der Waals surface area contributed by atoms with Gasteiger partial charge in [-0.15, -0.1) is 0 Å². The molecule has 0 aromatic carbocycles. The second kappa shape index (κ2) is 3.35. The maximum atomic E-state index is 10.6. The maximum Gasteiger partial charge on any atom is 0.171 e. The number of hydrogen-bond donors (Lipinski definition) is 0. The van der Waals surface area contributed by atoms with Gasteiger partial charge in [-0.3, -0.25) is 4.98 Å². The Balaban J connectivity index is 2.23.